The number of unbranched alkanes of at least 4 members (excludes halogenated alkanes) is 6. The lowest BCUT2D eigenvalue weighted by Gasteiger charge is -1.97. The average Bonchev–Trinajstić information content (AvgIpc) is 2.82. The van der Waals surface area contributed by atoms with Gasteiger partial charge in [-0.05, 0) is 21.6 Å². The lowest BCUT2D eigenvalue weighted by atomic mass is 10.1. The van der Waals surface area contributed by atoms with E-state index < -0.39 is 0 Å². The molecule has 0 aliphatic rings. The van der Waals surface area contributed by atoms with Crippen molar-refractivity contribution in [2.24, 2.45) is 0 Å². The highest BCUT2D eigenvalue weighted by Gasteiger charge is 1.87. The highest BCUT2D eigenvalue weighted by Crippen LogP contribution is 2.07. The zero-order valence-electron chi connectivity index (χ0n) is 9.75. The molecule has 0 nitrogen and oxygen atoms in total. The summed E-state index contributed by atoms with van der Waals surface area (Å²) in [5.74, 6) is 0. The fourth-order valence-electron chi connectivity index (χ4n) is 1.28. The molecule has 1 heterocycles. The van der Waals surface area contributed by atoms with Crippen LogP contribution in [-0.2, 0) is 0 Å². The molecular formula is C13H23IS. The molecule has 0 atom stereocenters. The summed E-state index contributed by atoms with van der Waals surface area (Å²) in [4.78, 5) is 0. The normalized spacial score (nSPS) is 9.47. The molecule has 0 aliphatic carbocycles. The molecule has 0 N–H and O–H groups in total. The van der Waals surface area contributed by atoms with E-state index in [1.165, 1.54) is 49.4 Å². The summed E-state index contributed by atoms with van der Waals surface area (Å²) in [6.45, 7) is 2.27. The fourth-order valence-corrected chi connectivity index (χ4v) is 2.27. The van der Waals surface area contributed by atoms with E-state index in [1.54, 1.807) is 11.3 Å². The Bertz CT molecular complexity index is 147. The summed E-state index contributed by atoms with van der Waals surface area (Å²) < 4.78 is 1.34. The van der Waals surface area contributed by atoms with Gasteiger partial charge in [0.05, 0.1) is 0 Å². The lowest BCUT2D eigenvalue weighted by Crippen LogP contribution is -1.79. The van der Waals surface area contributed by atoms with Gasteiger partial charge >= 0.3 is 0 Å². The molecule has 0 aromatic carbocycles. The van der Waals surface area contributed by atoms with Crippen LogP contribution in [0.3, 0.4) is 0 Å². The summed E-state index contributed by atoms with van der Waals surface area (Å²) in [7, 11) is 0. The van der Waals surface area contributed by atoms with Crippen LogP contribution in [0.5, 0.6) is 0 Å². The Morgan fingerprint density at radius 3 is 1.80 bits per heavy atom. The van der Waals surface area contributed by atoms with Gasteiger partial charge in [0.25, 0.3) is 0 Å². The number of thiophene rings is 1. The SMILES string of the molecule is CCCCCCCCCI.c1ccsc1. The van der Waals surface area contributed by atoms with E-state index >= 15 is 0 Å². The Morgan fingerprint density at radius 2 is 1.40 bits per heavy atom. The van der Waals surface area contributed by atoms with Crippen molar-refractivity contribution in [2.75, 3.05) is 4.43 Å². The molecule has 0 saturated heterocycles. The van der Waals surface area contributed by atoms with Gasteiger partial charge in [0.15, 0.2) is 0 Å². The van der Waals surface area contributed by atoms with Crippen LogP contribution in [0.4, 0.5) is 0 Å². The van der Waals surface area contributed by atoms with Crippen LogP contribution in [0.1, 0.15) is 51.9 Å². The second-order valence-corrected chi connectivity index (χ2v) is 5.50. The van der Waals surface area contributed by atoms with E-state index in [4.69, 9.17) is 0 Å². The van der Waals surface area contributed by atoms with Crippen molar-refractivity contribution in [3.63, 3.8) is 0 Å². The topological polar surface area (TPSA) is 0 Å². The molecule has 1 aromatic heterocycles. The number of rotatable bonds is 7. The minimum Gasteiger partial charge on any atom is -0.152 e. The van der Waals surface area contributed by atoms with Crippen molar-refractivity contribution in [1.82, 2.24) is 0 Å². The zero-order chi connectivity index (χ0) is 11.2. The standard InChI is InChI=1S/C9H19I.C4H4S/c1-2-3-4-5-6-7-8-9-10;1-2-4-5-3-1/h2-9H2,1H3;1-4H. The van der Waals surface area contributed by atoms with Gasteiger partial charge < -0.3 is 0 Å². The van der Waals surface area contributed by atoms with Crippen LogP contribution in [0.2, 0.25) is 0 Å². The second-order valence-electron chi connectivity index (χ2n) is 3.60. The molecular weight excluding hydrogens is 315 g/mol. The average molecular weight is 338 g/mol. The molecule has 15 heavy (non-hydrogen) atoms. The maximum Gasteiger partial charge on any atom is -0.000473 e. The molecule has 2 heteroatoms. The number of hydrogen-bond acceptors (Lipinski definition) is 1. The maximum absolute atomic E-state index is 2.46. The lowest BCUT2D eigenvalue weighted by molar-refractivity contribution is 0.605. The molecule has 0 radical (unpaired) electrons. The largest absolute Gasteiger partial charge is 0.152 e. The van der Waals surface area contributed by atoms with Gasteiger partial charge in [-0.25, -0.2) is 0 Å². The van der Waals surface area contributed by atoms with E-state index in [0.29, 0.717) is 0 Å². The maximum atomic E-state index is 2.46. The Balaban J connectivity index is 0.000000322. The van der Waals surface area contributed by atoms with Gasteiger partial charge in [-0.2, -0.15) is 11.3 Å². The number of hydrogen-bond donors (Lipinski definition) is 0. The third kappa shape index (κ3) is 14.4. The molecule has 1 aromatic rings. The molecule has 0 amide bonds. The van der Waals surface area contributed by atoms with Gasteiger partial charge in [0.2, 0.25) is 0 Å². The smallest absolute Gasteiger partial charge is 0.000473 e. The summed E-state index contributed by atoms with van der Waals surface area (Å²) in [6.07, 6.45) is 10.1. The molecule has 0 saturated carbocycles. The Kier molecular flexibility index (Phi) is 14.8. The van der Waals surface area contributed by atoms with Crippen LogP contribution in [-0.4, -0.2) is 4.43 Å². The minimum atomic E-state index is 1.34. The number of alkyl halides is 1. The van der Waals surface area contributed by atoms with Crippen molar-refractivity contribution in [3.05, 3.63) is 22.9 Å². The van der Waals surface area contributed by atoms with Gasteiger partial charge in [-0.3, -0.25) is 0 Å². The first-order valence-corrected chi connectivity index (χ1v) is 8.41. The predicted molar refractivity (Wildman–Crippen MR) is 81.2 cm³/mol. The highest BCUT2D eigenvalue weighted by molar-refractivity contribution is 14.1. The van der Waals surface area contributed by atoms with E-state index in [9.17, 15) is 0 Å². The van der Waals surface area contributed by atoms with Crippen LogP contribution in [0.15, 0.2) is 22.9 Å². The van der Waals surface area contributed by atoms with E-state index in [0.717, 1.165) is 0 Å². The molecule has 0 fully saturated rings. The van der Waals surface area contributed by atoms with Gasteiger partial charge in [0, 0.05) is 0 Å². The Morgan fingerprint density at radius 1 is 0.867 bits per heavy atom. The summed E-state index contributed by atoms with van der Waals surface area (Å²) >= 11 is 4.17. The van der Waals surface area contributed by atoms with Gasteiger partial charge in [-0.15, -0.1) is 0 Å². The third-order valence-electron chi connectivity index (χ3n) is 2.16. The molecule has 1 rings (SSSR count). The molecule has 0 bridgehead atoms. The predicted octanol–water partition coefficient (Wildman–Crippen LogP) is 5.92. The quantitative estimate of drug-likeness (QED) is 0.329. The Hall–Kier alpha value is 0.430. The first-order chi connectivity index (χ1) is 7.41. The third-order valence-corrected chi connectivity index (χ3v) is 3.55. The Labute approximate surface area is 113 Å². The van der Waals surface area contributed by atoms with Crippen molar-refractivity contribution >= 4 is 33.9 Å². The first kappa shape index (κ1) is 15.4. The van der Waals surface area contributed by atoms with Crippen LogP contribution < -0.4 is 0 Å². The van der Waals surface area contributed by atoms with E-state index in [1.807, 2.05) is 22.9 Å². The zero-order valence-corrected chi connectivity index (χ0v) is 12.7. The summed E-state index contributed by atoms with van der Waals surface area (Å²) in [5.41, 5.74) is 0. The van der Waals surface area contributed by atoms with Gasteiger partial charge in [-0.1, -0.05) is 80.2 Å². The van der Waals surface area contributed by atoms with Crippen molar-refractivity contribution in [2.45, 2.75) is 51.9 Å². The van der Waals surface area contributed by atoms with Crippen molar-refractivity contribution in [3.8, 4) is 0 Å². The van der Waals surface area contributed by atoms with Crippen LogP contribution in [0.25, 0.3) is 0 Å². The second kappa shape index (κ2) is 14.4. The van der Waals surface area contributed by atoms with Crippen molar-refractivity contribution < 1.29 is 0 Å². The summed E-state index contributed by atoms with van der Waals surface area (Å²) in [5, 5.41) is 4.08. The minimum absolute atomic E-state index is 1.34. The van der Waals surface area contributed by atoms with Crippen LogP contribution in [0, 0.1) is 0 Å². The van der Waals surface area contributed by atoms with E-state index in [2.05, 4.69) is 29.5 Å². The molecule has 0 aliphatic heterocycles. The molecule has 0 spiro atoms. The highest BCUT2D eigenvalue weighted by atomic mass is 127. The van der Waals surface area contributed by atoms with Crippen molar-refractivity contribution in [1.29, 1.82) is 0 Å². The van der Waals surface area contributed by atoms with E-state index in [-0.39, 0.29) is 0 Å². The molecule has 0 unspecified atom stereocenters. The fraction of sp³-hybridized carbons (Fsp3) is 0.692. The monoisotopic (exact) mass is 338 g/mol. The van der Waals surface area contributed by atoms with Gasteiger partial charge in [0.1, 0.15) is 0 Å². The first-order valence-electron chi connectivity index (χ1n) is 5.95. The number of halogens is 1. The molecule has 88 valence electrons. The van der Waals surface area contributed by atoms with Crippen LogP contribution >= 0.6 is 33.9 Å². The summed E-state index contributed by atoms with van der Waals surface area (Å²) in [6, 6.07) is 4.04.